The topological polar surface area (TPSA) is 80.5 Å². The molecule has 5 nitrogen and oxygen atoms in total. The lowest BCUT2D eigenvalue weighted by Crippen LogP contribution is -2.49. The van der Waals surface area contributed by atoms with Gasteiger partial charge in [0, 0.05) is 22.3 Å². The Morgan fingerprint density at radius 1 is 0.789 bits per heavy atom. The fourth-order valence-corrected chi connectivity index (χ4v) is 6.81. The van der Waals surface area contributed by atoms with Crippen LogP contribution in [-0.2, 0) is 9.59 Å². The Kier molecular flexibility index (Phi) is 7.98. The second-order valence-electron chi connectivity index (χ2n) is 10.3. The van der Waals surface area contributed by atoms with Crippen LogP contribution in [0.3, 0.4) is 0 Å². The second-order valence-corrected chi connectivity index (χ2v) is 11.2. The zero-order valence-corrected chi connectivity index (χ0v) is 22.5. The fourth-order valence-electron chi connectivity index (χ4n) is 6.40. The third-order valence-electron chi connectivity index (χ3n) is 8.17. The molecule has 196 valence electrons. The van der Waals surface area contributed by atoms with Gasteiger partial charge in [-0.25, -0.2) is 0 Å². The van der Waals surface area contributed by atoms with Crippen molar-refractivity contribution >= 4 is 29.4 Å². The minimum Gasteiger partial charge on any atom is -0.368 e. The first-order valence-electron chi connectivity index (χ1n) is 13.4. The van der Waals surface area contributed by atoms with Crippen LogP contribution in [0.4, 0.5) is 0 Å². The van der Waals surface area contributed by atoms with Crippen LogP contribution in [0.25, 0.3) is 0 Å². The molecule has 38 heavy (non-hydrogen) atoms. The van der Waals surface area contributed by atoms with Crippen molar-refractivity contribution in [2.24, 2.45) is 17.6 Å². The van der Waals surface area contributed by atoms with Crippen LogP contribution in [0.15, 0.2) is 89.8 Å². The normalized spacial score (nSPS) is 23.8. The van der Waals surface area contributed by atoms with Crippen molar-refractivity contribution in [3.63, 3.8) is 0 Å². The predicted octanol–water partition coefficient (Wildman–Crippen LogP) is 6.01. The average Bonchev–Trinajstić information content (AvgIpc) is 3.34. The molecule has 0 bridgehead atoms. The van der Waals surface area contributed by atoms with Gasteiger partial charge in [-0.3, -0.25) is 14.4 Å². The minimum absolute atomic E-state index is 0.0590. The smallest absolute Gasteiger partial charge is 0.240 e. The van der Waals surface area contributed by atoms with E-state index < -0.39 is 29.8 Å². The maximum atomic E-state index is 14.4. The quantitative estimate of drug-likeness (QED) is 0.302. The number of carbonyl (C=O) groups is 3. The molecule has 4 atom stereocenters. The lowest BCUT2D eigenvalue weighted by molar-refractivity contribution is -0.144. The number of likely N-dealkylation sites (tertiary alicyclic amines) is 1. The minimum atomic E-state index is -0.920. The predicted molar refractivity (Wildman–Crippen MR) is 151 cm³/mol. The Bertz CT molecular complexity index is 1270. The van der Waals surface area contributed by atoms with E-state index in [0.717, 1.165) is 48.1 Å². The van der Waals surface area contributed by atoms with Crippen molar-refractivity contribution in [3.8, 4) is 0 Å². The Morgan fingerprint density at radius 3 is 1.92 bits per heavy atom. The van der Waals surface area contributed by atoms with Gasteiger partial charge < -0.3 is 10.6 Å². The molecule has 1 saturated carbocycles. The summed E-state index contributed by atoms with van der Waals surface area (Å²) in [5, 5.41) is 0. The van der Waals surface area contributed by atoms with E-state index in [4.69, 9.17) is 5.73 Å². The Morgan fingerprint density at radius 2 is 1.37 bits per heavy atom. The van der Waals surface area contributed by atoms with Gasteiger partial charge in [0.2, 0.25) is 11.8 Å². The zero-order valence-electron chi connectivity index (χ0n) is 21.7. The monoisotopic (exact) mass is 526 g/mol. The molecular formula is C32H34N2O3S. The summed E-state index contributed by atoms with van der Waals surface area (Å²) in [7, 11) is 0. The van der Waals surface area contributed by atoms with Crippen molar-refractivity contribution in [2.45, 2.75) is 55.0 Å². The first-order chi connectivity index (χ1) is 18.5. The van der Waals surface area contributed by atoms with Crippen LogP contribution in [0.1, 0.15) is 65.5 Å². The van der Waals surface area contributed by atoms with Crippen LogP contribution in [0.5, 0.6) is 0 Å². The van der Waals surface area contributed by atoms with E-state index in [1.165, 1.54) is 0 Å². The van der Waals surface area contributed by atoms with Gasteiger partial charge in [0.25, 0.3) is 0 Å². The Balaban J connectivity index is 1.70. The average molecular weight is 527 g/mol. The molecular weight excluding hydrogens is 492 g/mol. The first-order valence-corrected chi connectivity index (χ1v) is 14.6. The highest BCUT2D eigenvalue weighted by Gasteiger charge is 2.57. The van der Waals surface area contributed by atoms with Crippen LogP contribution >= 0.6 is 11.8 Å². The van der Waals surface area contributed by atoms with Crippen molar-refractivity contribution in [1.82, 2.24) is 4.90 Å². The van der Waals surface area contributed by atoms with Crippen molar-refractivity contribution in [1.29, 1.82) is 0 Å². The molecule has 0 radical (unpaired) electrons. The summed E-state index contributed by atoms with van der Waals surface area (Å²) in [5.74, 6) is -2.09. The Hall–Kier alpha value is -3.38. The van der Waals surface area contributed by atoms with Crippen LogP contribution in [-0.4, -0.2) is 34.8 Å². The molecule has 1 saturated heterocycles. The molecule has 4 unspecified atom stereocenters. The van der Waals surface area contributed by atoms with E-state index in [1.807, 2.05) is 91.2 Å². The summed E-state index contributed by atoms with van der Waals surface area (Å²) >= 11 is 1.62. The number of rotatable bonds is 7. The maximum Gasteiger partial charge on any atom is 0.240 e. The van der Waals surface area contributed by atoms with Gasteiger partial charge in [0.15, 0.2) is 5.78 Å². The molecule has 2 fully saturated rings. The van der Waals surface area contributed by atoms with Gasteiger partial charge in [-0.05, 0) is 42.4 Å². The van der Waals surface area contributed by atoms with E-state index in [9.17, 15) is 14.4 Å². The van der Waals surface area contributed by atoms with Crippen LogP contribution in [0, 0.1) is 11.8 Å². The number of amides is 2. The fraction of sp³-hybridized carbons (Fsp3) is 0.344. The standard InChI is InChI=1S/C32H34N2O3S/c1-38-25-19-17-23(18-20-25)30(35)27-26(21-11-5-2-6-12-21)29(31(33)36)34(28(27)22-13-7-3-8-14-22)32(37)24-15-9-4-10-16-24/h2-3,5-8,11-14,17-20,24,26-29H,4,9-10,15-16H2,1H3,(H2,33,36). The van der Waals surface area contributed by atoms with Gasteiger partial charge in [0.05, 0.1) is 12.0 Å². The number of benzene rings is 3. The molecule has 1 aliphatic heterocycles. The highest BCUT2D eigenvalue weighted by atomic mass is 32.2. The SMILES string of the molecule is CSc1ccc(C(=O)C2C(c3ccccc3)C(C(N)=O)N(C(=O)C3CCCCC3)C2c2ccccc2)cc1. The number of carbonyl (C=O) groups excluding carboxylic acids is 3. The summed E-state index contributed by atoms with van der Waals surface area (Å²) in [6.07, 6.45) is 6.70. The summed E-state index contributed by atoms with van der Waals surface area (Å²) in [6.45, 7) is 0. The molecule has 6 heteroatoms. The third kappa shape index (κ3) is 5.02. The van der Waals surface area contributed by atoms with Crippen molar-refractivity contribution in [3.05, 3.63) is 102 Å². The third-order valence-corrected chi connectivity index (χ3v) is 8.91. The first kappa shape index (κ1) is 26.2. The van der Waals surface area contributed by atoms with Gasteiger partial charge in [-0.15, -0.1) is 11.8 Å². The number of hydrogen-bond acceptors (Lipinski definition) is 4. The molecule has 2 N–H and O–H groups in total. The van der Waals surface area contributed by atoms with E-state index in [2.05, 4.69) is 0 Å². The molecule has 3 aromatic rings. The summed E-state index contributed by atoms with van der Waals surface area (Å²) in [4.78, 5) is 44.7. The van der Waals surface area contributed by atoms with Crippen molar-refractivity contribution in [2.75, 3.05) is 6.26 Å². The molecule has 2 aliphatic rings. The van der Waals surface area contributed by atoms with Gasteiger partial charge in [0.1, 0.15) is 6.04 Å². The lowest BCUT2D eigenvalue weighted by Gasteiger charge is -2.35. The van der Waals surface area contributed by atoms with Crippen molar-refractivity contribution < 1.29 is 14.4 Å². The highest BCUT2D eigenvalue weighted by Crippen LogP contribution is 2.52. The second kappa shape index (κ2) is 11.6. The maximum absolute atomic E-state index is 14.4. The molecule has 1 aliphatic carbocycles. The Labute approximate surface area is 228 Å². The van der Waals surface area contributed by atoms with E-state index in [0.29, 0.717) is 5.56 Å². The number of nitrogens with two attached hydrogens (primary N) is 1. The number of primary amides is 1. The number of nitrogens with zero attached hydrogens (tertiary/aromatic N) is 1. The largest absolute Gasteiger partial charge is 0.368 e. The highest BCUT2D eigenvalue weighted by molar-refractivity contribution is 7.98. The number of ketones is 1. The lowest BCUT2D eigenvalue weighted by atomic mass is 9.76. The van der Waals surface area contributed by atoms with E-state index in [1.54, 1.807) is 16.7 Å². The van der Waals surface area contributed by atoms with Gasteiger partial charge in [-0.2, -0.15) is 0 Å². The van der Waals surface area contributed by atoms with Crippen LogP contribution < -0.4 is 5.73 Å². The summed E-state index contributed by atoms with van der Waals surface area (Å²) in [5.41, 5.74) is 8.38. The van der Waals surface area contributed by atoms with E-state index >= 15 is 0 Å². The zero-order chi connectivity index (χ0) is 26.6. The summed E-state index contributed by atoms with van der Waals surface area (Å²) in [6, 6.07) is 25.3. The molecule has 5 rings (SSSR count). The summed E-state index contributed by atoms with van der Waals surface area (Å²) < 4.78 is 0. The number of Topliss-reactive ketones (excluding diaryl/α,β-unsaturated/α-hetero) is 1. The van der Waals surface area contributed by atoms with E-state index in [-0.39, 0.29) is 17.6 Å². The number of hydrogen-bond donors (Lipinski definition) is 1. The van der Waals surface area contributed by atoms with Gasteiger partial charge in [-0.1, -0.05) is 92.1 Å². The van der Waals surface area contributed by atoms with Gasteiger partial charge >= 0.3 is 0 Å². The van der Waals surface area contributed by atoms with Crippen LogP contribution in [0.2, 0.25) is 0 Å². The molecule has 3 aromatic carbocycles. The molecule has 0 aromatic heterocycles. The molecule has 1 heterocycles. The molecule has 2 amide bonds. The number of thioether (sulfide) groups is 1. The molecule has 0 spiro atoms.